The fraction of sp³-hybridized carbons (Fsp3) is 0.516. The minimum absolute atomic E-state index is 0.00265. The third-order valence-corrected chi connectivity index (χ3v) is 11.7. The first kappa shape index (κ1) is 33.8. The number of alkyl halides is 7. The maximum Gasteiger partial charge on any atom is 0.435 e. The zero-order valence-electron chi connectivity index (χ0n) is 24.0. The predicted octanol–water partition coefficient (Wildman–Crippen LogP) is 7.77. The minimum Gasteiger partial charge on any atom is -0.516 e. The SMILES string of the molecule is C=CO.Cc1ccc(S(=O)(=O)C23CCN(C(=O)C4CCCCC4)C2CCc2cc(C(F)(C(F)(F)F)C(F)(F)F)ccc23)cc1. The lowest BCUT2D eigenvalue weighted by molar-refractivity contribution is -0.348. The number of carbonyl (C=O) groups is 1. The molecule has 0 aromatic heterocycles. The highest BCUT2D eigenvalue weighted by Gasteiger charge is 2.74. The molecule has 2 unspecified atom stereocenters. The Kier molecular flexibility index (Phi) is 9.23. The Morgan fingerprint density at radius 2 is 1.52 bits per heavy atom. The summed E-state index contributed by atoms with van der Waals surface area (Å²) in [6.45, 7) is 4.75. The average molecular weight is 650 g/mol. The van der Waals surface area contributed by atoms with Crippen molar-refractivity contribution in [2.24, 2.45) is 5.92 Å². The van der Waals surface area contributed by atoms with Gasteiger partial charge in [-0.25, -0.2) is 12.8 Å². The van der Waals surface area contributed by atoms with Crippen LogP contribution < -0.4 is 0 Å². The van der Waals surface area contributed by atoms with Crippen molar-refractivity contribution in [2.75, 3.05) is 6.54 Å². The molecule has 44 heavy (non-hydrogen) atoms. The summed E-state index contributed by atoms with van der Waals surface area (Å²) in [6, 6.07) is 6.91. The van der Waals surface area contributed by atoms with Crippen LogP contribution in [0.25, 0.3) is 0 Å². The number of aliphatic hydroxyl groups is 1. The molecule has 2 atom stereocenters. The molecule has 2 aliphatic carbocycles. The second-order valence-electron chi connectivity index (χ2n) is 11.6. The molecule has 3 aliphatic rings. The number of likely N-dealkylation sites (tertiary alicyclic amines) is 1. The fourth-order valence-electron chi connectivity index (χ4n) is 7.01. The highest BCUT2D eigenvalue weighted by molar-refractivity contribution is 7.92. The number of hydrogen-bond donors (Lipinski definition) is 1. The van der Waals surface area contributed by atoms with Crippen LogP contribution in [0.3, 0.4) is 0 Å². The fourth-order valence-corrected chi connectivity index (χ4v) is 9.37. The van der Waals surface area contributed by atoms with Crippen LogP contribution in [-0.2, 0) is 31.5 Å². The number of fused-ring (bicyclic) bond motifs is 3. The van der Waals surface area contributed by atoms with Crippen molar-refractivity contribution in [3.05, 3.63) is 77.6 Å². The lowest BCUT2D eigenvalue weighted by Gasteiger charge is -2.43. The first-order valence-electron chi connectivity index (χ1n) is 14.3. The molecule has 2 aromatic rings. The molecule has 1 saturated heterocycles. The monoisotopic (exact) mass is 649 g/mol. The third kappa shape index (κ3) is 5.38. The Hall–Kier alpha value is -3.09. The number of carbonyl (C=O) groups excluding carboxylic acids is 1. The van der Waals surface area contributed by atoms with Crippen molar-refractivity contribution in [1.29, 1.82) is 0 Å². The number of halogens is 7. The standard InChI is InChI=1S/C29H30F7NO3S.C2H4O/c1-18-7-11-22(12-8-18)41(39,40)26-15-16-37(25(38)19-5-3-2-4-6-19)24(26)14-9-20-17-21(10-13-23(20)26)27(30,28(31,32)33)29(34,35)36;1-2-3/h7-8,10-13,17,19,24H,2-6,9,14-16H2,1H3;2-3H,1H2. The van der Waals surface area contributed by atoms with Crippen molar-refractivity contribution >= 4 is 15.7 Å². The van der Waals surface area contributed by atoms with Crippen LogP contribution in [0.1, 0.15) is 67.2 Å². The molecular formula is C31H34F7NO4S. The Bertz CT molecular complexity index is 1470. The Morgan fingerprint density at radius 3 is 2.07 bits per heavy atom. The summed E-state index contributed by atoms with van der Waals surface area (Å²) >= 11 is 0. The van der Waals surface area contributed by atoms with Crippen molar-refractivity contribution in [2.45, 2.75) is 92.0 Å². The van der Waals surface area contributed by atoms with Crippen molar-refractivity contribution < 1.29 is 49.1 Å². The van der Waals surface area contributed by atoms with Gasteiger partial charge in [0.1, 0.15) is 4.75 Å². The highest BCUT2D eigenvalue weighted by Crippen LogP contribution is 2.57. The van der Waals surface area contributed by atoms with E-state index in [9.17, 15) is 43.9 Å². The van der Waals surface area contributed by atoms with Gasteiger partial charge >= 0.3 is 18.0 Å². The maximum atomic E-state index is 15.0. The summed E-state index contributed by atoms with van der Waals surface area (Å²) in [4.78, 5) is 15.1. The van der Waals surface area contributed by atoms with Crippen molar-refractivity contribution in [3.8, 4) is 0 Å². The number of hydrogen-bond acceptors (Lipinski definition) is 4. The van der Waals surface area contributed by atoms with Crippen LogP contribution in [0.2, 0.25) is 0 Å². The molecular weight excluding hydrogens is 615 g/mol. The molecule has 242 valence electrons. The van der Waals surface area contributed by atoms with E-state index in [-0.39, 0.29) is 53.7 Å². The number of aliphatic hydroxyl groups excluding tert-OH is 1. The number of benzene rings is 2. The molecule has 5 rings (SSSR count). The van der Waals surface area contributed by atoms with Crippen LogP contribution in [0, 0.1) is 12.8 Å². The molecule has 2 aromatic carbocycles. The van der Waals surface area contributed by atoms with E-state index in [1.54, 1.807) is 24.0 Å². The molecule has 2 fully saturated rings. The summed E-state index contributed by atoms with van der Waals surface area (Å²) in [7, 11) is -4.32. The van der Waals surface area contributed by atoms with Gasteiger partial charge in [-0.15, -0.1) is 0 Å². The van der Waals surface area contributed by atoms with Gasteiger partial charge in [-0.2, -0.15) is 26.3 Å². The second kappa shape index (κ2) is 12.0. The van der Waals surface area contributed by atoms with Gasteiger partial charge in [0, 0.05) is 18.0 Å². The van der Waals surface area contributed by atoms with Gasteiger partial charge in [-0.05, 0) is 62.3 Å². The molecule has 1 heterocycles. The van der Waals surface area contributed by atoms with E-state index in [1.165, 1.54) is 12.1 Å². The zero-order valence-corrected chi connectivity index (χ0v) is 24.8. The normalized spacial score (nSPS) is 22.8. The van der Waals surface area contributed by atoms with E-state index in [4.69, 9.17) is 5.11 Å². The maximum absolute atomic E-state index is 15.0. The zero-order chi connectivity index (χ0) is 32.7. The molecule has 1 N–H and O–H groups in total. The van der Waals surface area contributed by atoms with Crippen LogP contribution in [0.5, 0.6) is 0 Å². The molecule has 1 aliphatic heterocycles. The van der Waals surface area contributed by atoms with E-state index >= 15 is 0 Å². The summed E-state index contributed by atoms with van der Waals surface area (Å²) in [6.07, 6.45) is -7.94. The van der Waals surface area contributed by atoms with E-state index in [1.807, 2.05) is 0 Å². The number of nitrogens with zero attached hydrogens (tertiary/aromatic N) is 1. The Morgan fingerprint density at radius 1 is 0.955 bits per heavy atom. The molecule has 13 heteroatoms. The summed E-state index contributed by atoms with van der Waals surface area (Å²) in [5.41, 5.74) is -6.58. The van der Waals surface area contributed by atoms with E-state index in [0.717, 1.165) is 37.2 Å². The quantitative estimate of drug-likeness (QED) is 0.271. The first-order chi connectivity index (χ1) is 20.5. The second-order valence-corrected chi connectivity index (χ2v) is 13.8. The Labute approximate surface area is 251 Å². The van der Waals surface area contributed by atoms with E-state index in [2.05, 4.69) is 6.58 Å². The van der Waals surface area contributed by atoms with Crippen LogP contribution >= 0.6 is 0 Å². The van der Waals surface area contributed by atoms with Crippen molar-refractivity contribution in [1.82, 2.24) is 4.90 Å². The first-order valence-corrected chi connectivity index (χ1v) is 15.8. The summed E-state index contributed by atoms with van der Waals surface area (Å²) < 4.78 is 123. The largest absolute Gasteiger partial charge is 0.516 e. The van der Waals surface area contributed by atoms with Gasteiger partial charge in [0.15, 0.2) is 9.84 Å². The molecule has 5 nitrogen and oxygen atoms in total. The predicted molar refractivity (Wildman–Crippen MR) is 149 cm³/mol. The highest BCUT2D eigenvalue weighted by atomic mass is 32.2. The third-order valence-electron chi connectivity index (χ3n) is 9.11. The van der Waals surface area contributed by atoms with Crippen LogP contribution in [0.15, 0.2) is 60.2 Å². The lowest BCUT2D eigenvalue weighted by Crippen LogP contribution is -2.53. The molecule has 1 saturated carbocycles. The van der Waals surface area contributed by atoms with Gasteiger partial charge in [0.05, 0.1) is 17.2 Å². The van der Waals surface area contributed by atoms with Crippen LogP contribution in [0.4, 0.5) is 30.7 Å². The molecule has 0 spiro atoms. The smallest absolute Gasteiger partial charge is 0.435 e. The van der Waals surface area contributed by atoms with Crippen molar-refractivity contribution in [3.63, 3.8) is 0 Å². The topological polar surface area (TPSA) is 74.7 Å². The minimum atomic E-state index is -6.29. The summed E-state index contributed by atoms with van der Waals surface area (Å²) in [5.74, 6) is -0.441. The number of aryl methyl sites for hydroxylation is 2. The van der Waals surface area contributed by atoms with Gasteiger partial charge < -0.3 is 10.0 Å². The lowest BCUT2D eigenvalue weighted by atomic mass is 9.76. The number of sulfone groups is 1. The summed E-state index contributed by atoms with van der Waals surface area (Å²) in [5, 5.41) is 7.33. The molecule has 0 bridgehead atoms. The van der Waals surface area contributed by atoms with Gasteiger partial charge in [0.2, 0.25) is 5.91 Å². The average Bonchev–Trinajstić information content (AvgIpc) is 3.38. The van der Waals surface area contributed by atoms with Gasteiger partial charge in [-0.1, -0.05) is 61.7 Å². The molecule has 1 amide bonds. The van der Waals surface area contributed by atoms with E-state index in [0.29, 0.717) is 25.0 Å². The Balaban J connectivity index is 0.00000141. The van der Waals surface area contributed by atoms with E-state index < -0.39 is 44.2 Å². The van der Waals surface area contributed by atoms with Gasteiger partial charge in [-0.3, -0.25) is 4.79 Å². The number of rotatable bonds is 4. The molecule has 0 radical (unpaired) electrons. The number of amides is 1. The van der Waals surface area contributed by atoms with Crippen LogP contribution in [-0.4, -0.2) is 49.3 Å². The van der Waals surface area contributed by atoms with Gasteiger partial charge in [0.25, 0.3) is 0 Å².